The molecule has 0 radical (unpaired) electrons. The van der Waals surface area contributed by atoms with Crippen LogP contribution in [0.25, 0.3) is 44.5 Å². The van der Waals surface area contributed by atoms with E-state index in [2.05, 4.69) is 67.1 Å². The molecule has 142 valence electrons. The van der Waals surface area contributed by atoms with Gasteiger partial charge in [-0.15, -0.1) is 0 Å². The molecular weight excluding hydrogens is 372 g/mol. The minimum Gasteiger partial charge on any atom is -0.455 e. The molecule has 4 heteroatoms. The van der Waals surface area contributed by atoms with Crippen LogP contribution in [0.1, 0.15) is 0 Å². The minimum atomic E-state index is -1.35. The van der Waals surface area contributed by atoms with Gasteiger partial charge in [-0.25, -0.2) is 0 Å². The number of hydrogen-bond donors (Lipinski definition) is 0. The summed E-state index contributed by atoms with van der Waals surface area (Å²) in [5.74, 6) is 0. The molecule has 0 aliphatic heterocycles. The lowest BCUT2D eigenvalue weighted by molar-refractivity contribution is 0.670. The highest BCUT2D eigenvalue weighted by Crippen LogP contribution is 2.35. The molecular formula is C25H22N2OSi. The molecule has 5 rings (SSSR count). The number of nitrogens with zero attached hydrogens (tertiary/aromatic N) is 2. The van der Waals surface area contributed by atoms with Gasteiger partial charge in [-0.2, -0.15) is 0 Å². The van der Waals surface area contributed by atoms with E-state index >= 15 is 0 Å². The molecule has 3 aromatic heterocycles. The molecule has 0 aliphatic rings. The van der Waals surface area contributed by atoms with Gasteiger partial charge in [0.2, 0.25) is 0 Å². The highest BCUT2D eigenvalue weighted by Gasteiger charge is 2.17. The maximum atomic E-state index is 6.19. The first kappa shape index (κ1) is 17.8. The SMILES string of the molecule is C[Si](C)(C)c1ccc(-c2ccnc(-c3cccc4c3oc3ccccc34)c2)nc1. The lowest BCUT2D eigenvalue weighted by Crippen LogP contribution is -2.37. The van der Waals surface area contributed by atoms with E-state index in [0.717, 1.165) is 44.5 Å². The number of hydrogen-bond acceptors (Lipinski definition) is 3. The summed E-state index contributed by atoms with van der Waals surface area (Å²) in [5.41, 5.74) is 5.69. The lowest BCUT2D eigenvalue weighted by Gasteiger charge is -2.16. The Morgan fingerprint density at radius 3 is 2.38 bits per heavy atom. The van der Waals surface area contributed by atoms with Crippen molar-refractivity contribution in [3.05, 3.63) is 79.1 Å². The second kappa shape index (κ2) is 6.67. The van der Waals surface area contributed by atoms with Crippen molar-refractivity contribution in [3.8, 4) is 22.5 Å². The summed E-state index contributed by atoms with van der Waals surface area (Å²) >= 11 is 0. The minimum absolute atomic E-state index is 0.875. The molecule has 0 amide bonds. The van der Waals surface area contributed by atoms with Gasteiger partial charge in [0.05, 0.1) is 19.5 Å². The third-order valence-corrected chi connectivity index (χ3v) is 7.39. The van der Waals surface area contributed by atoms with Gasteiger partial charge in [-0.3, -0.25) is 9.97 Å². The van der Waals surface area contributed by atoms with Gasteiger partial charge in [0, 0.05) is 34.3 Å². The van der Waals surface area contributed by atoms with Crippen LogP contribution in [0.5, 0.6) is 0 Å². The number of pyridine rings is 2. The Morgan fingerprint density at radius 1 is 0.759 bits per heavy atom. The number of para-hydroxylation sites is 2. The molecule has 0 saturated heterocycles. The zero-order valence-corrected chi connectivity index (χ0v) is 17.8. The van der Waals surface area contributed by atoms with E-state index in [1.54, 1.807) is 0 Å². The summed E-state index contributed by atoms with van der Waals surface area (Å²) in [6.45, 7) is 7.01. The summed E-state index contributed by atoms with van der Waals surface area (Å²) in [5, 5.41) is 3.61. The van der Waals surface area contributed by atoms with E-state index < -0.39 is 8.07 Å². The Kier molecular flexibility index (Phi) is 4.10. The van der Waals surface area contributed by atoms with Crippen molar-refractivity contribution in [2.75, 3.05) is 0 Å². The summed E-state index contributed by atoms with van der Waals surface area (Å²) in [6, 6.07) is 22.8. The monoisotopic (exact) mass is 394 g/mol. The first-order valence-corrected chi connectivity index (χ1v) is 13.3. The van der Waals surface area contributed by atoms with E-state index in [9.17, 15) is 0 Å². The van der Waals surface area contributed by atoms with Gasteiger partial charge < -0.3 is 4.42 Å². The average molecular weight is 395 g/mol. The topological polar surface area (TPSA) is 38.9 Å². The summed E-state index contributed by atoms with van der Waals surface area (Å²) < 4.78 is 6.19. The van der Waals surface area contributed by atoms with Crippen molar-refractivity contribution < 1.29 is 4.42 Å². The molecule has 3 heterocycles. The molecule has 0 N–H and O–H groups in total. The van der Waals surface area contributed by atoms with Crippen LogP contribution in [0.2, 0.25) is 19.6 Å². The smallest absolute Gasteiger partial charge is 0.144 e. The van der Waals surface area contributed by atoms with Gasteiger partial charge in [0.15, 0.2) is 0 Å². The molecule has 2 aromatic carbocycles. The largest absolute Gasteiger partial charge is 0.455 e. The van der Waals surface area contributed by atoms with E-state index in [1.165, 1.54) is 5.19 Å². The zero-order chi connectivity index (χ0) is 20.0. The fraction of sp³-hybridized carbons (Fsp3) is 0.120. The summed E-state index contributed by atoms with van der Waals surface area (Å²) in [4.78, 5) is 9.36. The van der Waals surface area contributed by atoms with E-state index in [4.69, 9.17) is 9.40 Å². The molecule has 0 atom stereocenters. The Bertz CT molecular complexity index is 1330. The molecule has 0 aliphatic carbocycles. The second-order valence-electron chi connectivity index (χ2n) is 8.39. The molecule has 3 nitrogen and oxygen atoms in total. The van der Waals surface area contributed by atoms with Gasteiger partial charge >= 0.3 is 0 Å². The number of aromatic nitrogens is 2. The molecule has 0 unspecified atom stereocenters. The second-order valence-corrected chi connectivity index (χ2v) is 13.5. The Balaban J connectivity index is 1.62. The summed E-state index contributed by atoms with van der Waals surface area (Å²) in [6.07, 6.45) is 3.88. The quantitative estimate of drug-likeness (QED) is 0.339. The van der Waals surface area contributed by atoms with Gasteiger partial charge in [0.25, 0.3) is 0 Å². The maximum Gasteiger partial charge on any atom is 0.144 e. The third kappa shape index (κ3) is 3.15. The van der Waals surface area contributed by atoms with Crippen molar-refractivity contribution in [3.63, 3.8) is 0 Å². The van der Waals surface area contributed by atoms with E-state index in [1.807, 2.05) is 36.7 Å². The highest BCUT2D eigenvalue weighted by atomic mass is 28.3. The molecule has 0 saturated carbocycles. The molecule has 0 spiro atoms. The number of furan rings is 1. The lowest BCUT2D eigenvalue weighted by atomic mass is 10.0. The first-order chi connectivity index (χ1) is 14.0. The maximum absolute atomic E-state index is 6.19. The van der Waals surface area contributed by atoms with Gasteiger partial charge in [-0.05, 0) is 35.5 Å². The third-order valence-electron chi connectivity index (χ3n) is 5.37. The summed E-state index contributed by atoms with van der Waals surface area (Å²) in [7, 11) is -1.35. The van der Waals surface area contributed by atoms with Crippen molar-refractivity contribution in [2.24, 2.45) is 0 Å². The molecule has 0 fully saturated rings. The fourth-order valence-corrected chi connectivity index (χ4v) is 4.73. The Morgan fingerprint density at radius 2 is 1.59 bits per heavy atom. The van der Waals surface area contributed by atoms with Gasteiger partial charge in [0.1, 0.15) is 11.2 Å². The molecule has 5 aromatic rings. The zero-order valence-electron chi connectivity index (χ0n) is 16.8. The Labute approximate surface area is 171 Å². The predicted octanol–water partition coefficient (Wildman–Crippen LogP) is 6.26. The normalized spacial score (nSPS) is 12.0. The van der Waals surface area contributed by atoms with Crippen molar-refractivity contribution in [1.82, 2.24) is 9.97 Å². The van der Waals surface area contributed by atoms with Crippen molar-refractivity contribution >= 4 is 35.2 Å². The number of fused-ring (bicyclic) bond motifs is 3. The Hall–Kier alpha value is -3.24. The van der Waals surface area contributed by atoms with Crippen molar-refractivity contribution in [1.29, 1.82) is 0 Å². The van der Waals surface area contributed by atoms with E-state index in [0.29, 0.717) is 0 Å². The van der Waals surface area contributed by atoms with Crippen LogP contribution >= 0.6 is 0 Å². The number of benzene rings is 2. The first-order valence-electron chi connectivity index (χ1n) is 9.84. The number of rotatable bonds is 3. The molecule has 29 heavy (non-hydrogen) atoms. The van der Waals surface area contributed by atoms with Gasteiger partial charge in [-0.1, -0.05) is 56.0 Å². The van der Waals surface area contributed by atoms with Crippen LogP contribution in [0, 0.1) is 0 Å². The van der Waals surface area contributed by atoms with Crippen LogP contribution in [0.3, 0.4) is 0 Å². The average Bonchev–Trinajstić information content (AvgIpc) is 3.12. The van der Waals surface area contributed by atoms with Crippen LogP contribution in [-0.4, -0.2) is 18.0 Å². The van der Waals surface area contributed by atoms with Crippen molar-refractivity contribution in [2.45, 2.75) is 19.6 Å². The van der Waals surface area contributed by atoms with Crippen LogP contribution in [0.15, 0.2) is 83.5 Å². The molecule has 0 bridgehead atoms. The predicted molar refractivity (Wildman–Crippen MR) is 123 cm³/mol. The fourth-order valence-electron chi connectivity index (χ4n) is 3.69. The van der Waals surface area contributed by atoms with Crippen LogP contribution in [0.4, 0.5) is 0 Å². The van der Waals surface area contributed by atoms with Crippen LogP contribution in [-0.2, 0) is 0 Å². The highest BCUT2D eigenvalue weighted by molar-refractivity contribution is 6.88. The van der Waals surface area contributed by atoms with E-state index in [-0.39, 0.29) is 0 Å². The van der Waals surface area contributed by atoms with Crippen LogP contribution < -0.4 is 5.19 Å². The standard InChI is InChI=1S/C25H22N2OSi/c1-29(2,3)18-11-12-22(27-16-18)17-13-14-26-23(15-17)21-9-6-8-20-19-7-4-5-10-24(19)28-25(20)21/h4-16H,1-3H3.